The number of hydrogen-bond donors (Lipinski definition) is 2. The van der Waals surface area contributed by atoms with Gasteiger partial charge in [0.1, 0.15) is 6.04 Å². The Hall–Kier alpha value is -3.86. The van der Waals surface area contributed by atoms with Gasteiger partial charge in [-0.15, -0.1) is 0 Å². The van der Waals surface area contributed by atoms with E-state index in [-0.39, 0.29) is 34.9 Å². The minimum Gasteiger partial charge on any atom is -0.359 e. The van der Waals surface area contributed by atoms with Crippen LogP contribution in [0.5, 0.6) is 0 Å². The van der Waals surface area contributed by atoms with Crippen molar-refractivity contribution in [3.05, 3.63) is 95.1 Å². The van der Waals surface area contributed by atoms with E-state index >= 15 is 0 Å². The van der Waals surface area contributed by atoms with E-state index < -0.39 is 27.6 Å². The Bertz CT molecular complexity index is 1470. The predicted molar refractivity (Wildman–Crippen MR) is 150 cm³/mol. The number of hydrogen-bond acceptors (Lipinski definition) is 5. The number of likely N-dealkylation sites (N-methyl/N-ethyl adjacent to an activating group) is 1. The second-order valence-corrected chi connectivity index (χ2v) is 12.2. The average Bonchev–Trinajstić information content (AvgIpc) is 2.99. The molecular weight excluding hydrogens is 555 g/mol. The van der Waals surface area contributed by atoms with Crippen LogP contribution in [0.3, 0.4) is 0 Å². The van der Waals surface area contributed by atoms with Crippen LogP contribution < -0.4 is 15.5 Å². The largest absolute Gasteiger partial charge is 0.416 e. The molecule has 3 aromatic rings. The van der Waals surface area contributed by atoms with Crippen LogP contribution in [0.15, 0.2) is 77.7 Å². The molecule has 0 radical (unpaired) electrons. The van der Waals surface area contributed by atoms with Crippen molar-refractivity contribution in [3.8, 4) is 0 Å². The van der Waals surface area contributed by atoms with Gasteiger partial charge >= 0.3 is 6.18 Å². The molecule has 7 nitrogen and oxygen atoms in total. The monoisotopic (exact) mass is 587 g/mol. The Balaban J connectivity index is 1.45. The maximum atomic E-state index is 13.0. The lowest BCUT2D eigenvalue weighted by Crippen LogP contribution is -2.50. The first-order chi connectivity index (χ1) is 19.4. The van der Waals surface area contributed by atoms with Crippen molar-refractivity contribution in [2.75, 3.05) is 24.2 Å². The van der Waals surface area contributed by atoms with Gasteiger partial charge in [0.25, 0.3) is 5.91 Å². The van der Waals surface area contributed by atoms with E-state index in [2.05, 4.69) is 10.6 Å². The van der Waals surface area contributed by atoms with Gasteiger partial charge in [-0.2, -0.15) is 13.2 Å². The number of anilines is 1. The molecule has 3 aromatic carbocycles. The van der Waals surface area contributed by atoms with E-state index in [0.717, 1.165) is 28.9 Å². The third-order valence-electron chi connectivity index (χ3n) is 7.42. The molecule has 2 amide bonds. The van der Waals surface area contributed by atoms with Crippen LogP contribution in [0.2, 0.25) is 0 Å². The molecule has 0 spiro atoms. The zero-order valence-electron chi connectivity index (χ0n) is 22.7. The normalized spacial score (nSPS) is 17.6. The van der Waals surface area contributed by atoms with E-state index in [1.54, 1.807) is 50.4 Å². The first kappa shape index (κ1) is 30.1. The van der Waals surface area contributed by atoms with E-state index in [9.17, 15) is 31.2 Å². The van der Waals surface area contributed by atoms with Crippen LogP contribution in [-0.4, -0.2) is 45.6 Å². The number of carbonyl (C=O) groups is 2. The summed E-state index contributed by atoms with van der Waals surface area (Å²) >= 11 is 0. The Kier molecular flexibility index (Phi) is 9.06. The third-order valence-corrected chi connectivity index (χ3v) is 9.17. The molecule has 2 N–H and O–H groups in total. The van der Waals surface area contributed by atoms with Crippen molar-refractivity contribution in [2.24, 2.45) is 0 Å². The average molecular weight is 588 g/mol. The highest BCUT2D eigenvalue weighted by Crippen LogP contribution is 2.35. The van der Waals surface area contributed by atoms with Crippen molar-refractivity contribution in [1.82, 2.24) is 10.6 Å². The molecule has 0 aromatic heterocycles. The standard InChI is InChI=1S/C30H32F3N3O4S/c1-3-41(39,40)26-15-4-20(5-16-26)18-35-28(37)22-8-13-25(14-9-22)36-19-23(10-17-27(36)29(38)34-2)21-6-11-24(12-7-21)30(31,32)33/h4-9,11-16,23,27H,3,10,17-19H2,1-2H3,(H,34,38)(H,35,37)/t23-,27+/m1/s1. The van der Waals surface area contributed by atoms with Crippen LogP contribution in [0.4, 0.5) is 18.9 Å². The number of nitrogens with one attached hydrogen (secondary N) is 2. The topological polar surface area (TPSA) is 95.6 Å². The van der Waals surface area contributed by atoms with Crippen molar-refractivity contribution in [2.45, 2.75) is 49.3 Å². The molecule has 0 saturated carbocycles. The fourth-order valence-electron chi connectivity index (χ4n) is 4.98. The smallest absolute Gasteiger partial charge is 0.359 e. The second kappa shape index (κ2) is 12.3. The molecule has 0 bridgehead atoms. The number of amides is 2. The van der Waals surface area contributed by atoms with Gasteiger partial charge in [-0.3, -0.25) is 9.59 Å². The second-order valence-electron chi connectivity index (χ2n) is 9.95. The number of benzene rings is 3. The van der Waals surface area contributed by atoms with Gasteiger partial charge in [-0.25, -0.2) is 8.42 Å². The van der Waals surface area contributed by atoms with Crippen molar-refractivity contribution >= 4 is 27.3 Å². The summed E-state index contributed by atoms with van der Waals surface area (Å²) < 4.78 is 63.0. The molecule has 4 rings (SSSR count). The first-order valence-electron chi connectivity index (χ1n) is 13.3. The lowest BCUT2D eigenvalue weighted by atomic mass is 9.86. The highest BCUT2D eigenvalue weighted by atomic mass is 32.2. The number of carbonyl (C=O) groups excluding carboxylic acids is 2. The lowest BCUT2D eigenvalue weighted by molar-refractivity contribution is -0.137. The number of sulfone groups is 1. The molecule has 1 aliphatic heterocycles. The quantitative estimate of drug-likeness (QED) is 0.390. The lowest BCUT2D eigenvalue weighted by Gasteiger charge is -2.40. The Morgan fingerprint density at radius 3 is 2.12 bits per heavy atom. The molecular formula is C30H32F3N3O4S. The molecule has 1 fully saturated rings. The van der Waals surface area contributed by atoms with Gasteiger partial charge in [0.15, 0.2) is 9.84 Å². The third kappa shape index (κ3) is 7.08. The molecule has 0 aliphatic carbocycles. The van der Waals surface area contributed by atoms with Gasteiger partial charge in [0, 0.05) is 37.3 Å². The van der Waals surface area contributed by atoms with Crippen molar-refractivity contribution in [3.63, 3.8) is 0 Å². The van der Waals surface area contributed by atoms with E-state index in [1.165, 1.54) is 24.3 Å². The molecule has 1 aliphatic rings. The molecule has 41 heavy (non-hydrogen) atoms. The van der Waals surface area contributed by atoms with Gasteiger partial charge in [0.05, 0.1) is 16.2 Å². The summed E-state index contributed by atoms with van der Waals surface area (Å²) in [5, 5.41) is 5.51. The van der Waals surface area contributed by atoms with Crippen LogP contribution in [0, 0.1) is 0 Å². The van der Waals surface area contributed by atoms with Gasteiger partial charge in [0.2, 0.25) is 5.91 Å². The summed E-state index contributed by atoms with van der Waals surface area (Å²) in [4.78, 5) is 27.6. The maximum Gasteiger partial charge on any atom is 0.416 e. The van der Waals surface area contributed by atoms with Crippen LogP contribution in [-0.2, 0) is 27.4 Å². The van der Waals surface area contributed by atoms with Gasteiger partial charge in [-0.05, 0) is 72.5 Å². The summed E-state index contributed by atoms with van der Waals surface area (Å²) in [5.74, 6) is -0.531. The van der Waals surface area contributed by atoms with Crippen molar-refractivity contribution < 1.29 is 31.2 Å². The molecule has 218 valence electrons. The molecule has 0 unspecified atom stereocenters. The SMILES string of the molecule is CCS(=O)(=O)c1ccc(CNC(=O)c2ccc(N3C[C@H](c4ccc(C(F)(F)F)cc4)CC[C@H]3C(=O)NC)cc2)cc1. The molecule has 1 saturated heterocycles. The first-order valence-corrected chi connectivity index (χ1v) is 14.9. The zero-order chi connectivity index (χ0) is 29.8. The van der Waals surface area contributed by atoms with Crippen LogP contribution >= 0.6 is 0 Å². The highest BCUT2D eigenvalue weighted by Gasteiger charge is 2.34. The zero-order valence-corrected chi connectivity index (χ0v) is 23.6. The summed E-state index contributed by atoms with van der Waals surface area (Å²) in [6.45, 7) is 2.22. The maximum absolute atomic E-state index is 13.0. The fraction of sp³-hybridized carbons (Fsp3) is 0.333. The number of alkyl halides is 3. The number of nitrogens with zero attached hydrogens (tertiary/aromatic N) is 1. The molecule has 1 heterocycles. The number of halogens is 3. The van der Waals surface area contributed by atoms with Gasteiger partial charge in [-0.1, -0.05) is 31.2 Å². The summed E-state index contributed by atoms with van der Waals surface area (Å²) in [6, 6.07) is 17.9. The van der Waals surface area contributed by atoms with Crippen LogP contribution in [0.25, 0.3) is 0 Å². The summed E-state index contributed by atoms with van der Waals surface area (Å²) in [5.41, 5.74) is 1.95. The van der Waals surface area contributed by atoms with Gasteiger partial charge < -0.3 is 15.5 Å². The predicted octanol–water partition coefficient (Wildman–Crippen LogP) is 4.93. The van der Waals surface area contributed by atoms with E-state index in [4.69, 9.17) is 0 Å². The van der Waals surface area contributed by atoms with E-state index in [0.29, 0.717) is 24.9 Å². The summed E-state index contributed by atoms with van der Waals surface area (Å²) in [6.07, 6.45) is -3.24. The Morgan fingerprint density at radius 1 is 0.927 bits per heavy atom. The van der Waals surface area contributed by atoms with Crippen molar-refractivity contribution in [1.29, 1.82) is 0 Å². The minimum atomic E-state index is -4.40. The Labute approximate surface area is 237 Å². The molecule has 11 heteroatoms. The number of rotatable bonds is 8. The number of piperidine rings is 1. The molecule has 2 atom stereocenters. The Morgan fingerprint density at radius 2 is 1.56 bits per heavy atom. The van der Waals surface area contributed by atoms with E-state index in [1.807, 2.05) is 4.90 Å². The minimum absolute atomic E-state index is 0.0100. The highest BCUT2D eigenvalue weighted by molar-refractivity contribution is 7.91. The summed E-state index contributed by atoms with van der Waals surface area (Å²) in [7, 11) is -1.74. The fourth-order valence-corrected chi connectivity index (χ4v) is 5.87. The van der Waals surface area contributed by atoms with Crippen LogP contribution in [0.1, 0.15) is 52.7 Å².